The number of nitrogens with zero attached hydrogens (tertiary/aromatic N) is 2. The second-order valence-electron chi connectivity index (χ2n) is 11.1. The van der Waals surface area contributed by atoms with Gasteiger partial charge in [0.15, 0.2) is 5.78 Å². The highest BCUT2D eigenvalue weighted by atomic mass is 79.9. The average molecular weight is 628 g/mol. The van der Waals surface area contributed by atoms with Gasteiger partial charge in [-0.05, 0) is 54.7 Å². The van der Waals surface area contributed by atoms with Crippen LogP contribution in [0.3, 0.4) is 0 Å². The molecule has 2 aliphatic rings. The van der Waals surface area contributed by atoms with Crippen molar-refractivity contribution >= 4 is 45.3 Å². The Hall–Kier alpha value is -3.73. The van der Waals surface area contributed by atoms with Crippen molar-refractivity contribution < 1.29 is 29.1 Å². The highest BCUT2D eigenvalue weighted by Crippen LogP contribution is 2.31. The van der Waals surface area contributed by atoms with Crippen LogP contribution >= 0.6 is 15.9 Å². The molecule has 0 bridgehead atoms. The summed E-state index contributed by atoms with van der Waals surface area (Å²) < 4.78 is 0.713. The Bertz CT molecular complexity index is 1330. The van der Waals surface area contributed by atoms with Gasteiger partial charge in [0.2, 0.25) is 17.7 Å². The van der Waals surface area contributed by atoms with E-state index in [0.717, 1.165) is 0 Å². The molecule has 0 aromatic heterocycles. The number of Topliss-reactive ketones (excluding diaryl/α,β-unsaturated/α-hetero) is 1. The second-order valence-corrected chi connectivity index (χ2v) is 12.0. The van der Waals surface area contributed by atoms with Crippen LogP contribution in [0.2, 0.25) is 0 Å². The molecule has 2 fully saturated rings. The summed E-state index contributed by atoms with van der Waals surface area (Å²) in [5.74, 6) is -1.55. The van der Waals surface area contributed by atoms with E-state index in [1.165, 1.54) is 28.9 Å². The monoisotopic (exact) mass is 626 g/mol. The summed E-state index contributed by atoms with van der Waals surface area (Å²) in [6.07, 6.45) is 0.982. The first-order valence-electron chi connectivity index (χ1n) is 13.7. The van der Waals surface area contributed by atoms with Crippen LogP contribution in [0.1, 0.15) is 49.5 Å². The largest absolute Gasteiger partial charge is 0.508 e. The molecule has 4 rings (SSSR count). The predicted molar refractivity (Wildman–Crippen MR) is 155 cm³/mol. The number of aromatic hydroxyl groups is 1. The van der Waals surface area contributed by atoms with Crippen molar-refractivity contribution in [3.05, 3.63) is 64.1 Å². The fourth-order valence-corrected chi connectivity index (χ4v) is 6.03. The molecule has 0 radical (unpaired) electrons. The third kappa shape index (κ3) is 7.13. The number of phenols is 1. The summed E-state index contributed by atoms with van der Waals surface area (Å²) in [6.45, 7) is 5.36. The lowest BCUT2D eigenvalue weighted by Gasteiger charge is -2.30. The summed E-state index contributed by atoms with van der Waals surface area (Å²) in [7, 11) is 0. The minimum atomic E-state index is -0.990. The predicted octanol–water partition coefficient (Wildman–Crippen LogP) is 2.43. The van der Waals surface area contributed by atoms with E-state index in [1.54, 1.807) is 36.4 Å². The van der Waals surface area contributed by atoms with Crippen molar-refractivity contribution in [3.63, 3.8) is 0 Å². The van der Waals surface area contributed by atoms with Crippen LogP contribution in [-0.4, -0.2) is 81.6 Å². The lowest BCUT2D eigenvalue weighted by molar-refractivity contribution is -0.138. The van der Waals surface area contributed by atoms with Crippen LogP contribution in [0.15, 0.2) is 53.0 Å². The fraction of sp³-hybridized carbons (Fsp3) is 0.433. The summed E-state index contributed by atoms with van der Waals surface area (Å²) in [5.41, 5.74) is 1.08. The first kappa shape index (κ1) is 30.2. The molecule has 0 spiro atoms. The van der Waals surface area contributed by atoms with E-state index in [-0.39, 0.29) is 48.8 Å². The minimum absolute atomic E-state index is 0.0773. The zero-order valence-corrected chi connectivity index (χ0v) is 24.9. The van der Waals surface area contributed by atoms with E-state index in [4.69, 9.17) is 0 Å². The van der Waals surface area contributed by atoms with Gasteiger partial charge in [-0.2, -0.15) is 0 Å². The van der Waals surface area contributed by atoms with Crippen LogP contribution in [0.4, 0.5) is 0 Å². The van der Waals surface area contributed by atoms with Gasteiger partial charge in [-0.25, -0.2) is 0 Å². The van der Waals surface area contributed by atoms with Crippen molar-refractivity contribution in [2.75, 3.05) is 13.1 Å². The normalized spacial score (nSPS) is 19.6. The third-order valence-electron chi connectivity index (χ3n) is 7.44. The molecule has 2 aromatic carbocycles. The lowest BCUT2D eigenvalue weighted by atomic mass is 10.0. The molecule has 0 aliphatic carbocycles. The second kappa shape index (κ2) is 12.8. The van der Waals surface area contributed by atoms with Crippen molar-refractivity contribution in [2.45, 2.75) is 64.2 Å². The number of phenolic OH excluding ortho intramolecular Hbond substituents is 1. The number of halogens is 1. The number of benzene rings is 2. The molecule has 2 aromatic rings. The van der Waals surface area contributed by atoms with Gasteiger partial charge in [0.25, 0.3) is 5.91 Å². The van der Waals surface area contributed by atoms with Gasteiger partial charge in [0.1, 0.15) is 23.9 Å². The highest BCUT2D eigenvalue weighted by Gasteiger charge is 2.53. The number of carbonyl (C=O) groups is 5. The molecule has 41 heavy (non-hydrogen) atoms. The minimum Gasteiger partial charge on any atom is -0.508 e. The number of likely N-dealkylation sites (tertiary alicyclic amines) is 2. The standard InChI is InChI=1S/C30H35BrN4O6/c1-17(2)13-23(32-18(3)36)30(41)35-16-26(38)27-25(35)11-12-34(27)29(40)24(14-19-7-9-22(37)10-8-19)33-28(39)20-5-4-6-21(31)15-20/h4-10,15,17,23-25,27,37H,11-14,16H2,1-3H3,(H,32,36)(H,33,39)/t23-,24-,25?,27?/m0/s1. The molecule has 11 heteroatoms. The van der Waals surface area contributed by atoms with Crippen molar-refractivity contribution in [2.24, 2.45) is 5.92 Å². The molecule has 4 atom stereocenters. The number of carbonyl (C=O) groups excluding carboxylic acids is 5. The molecule has 3 N–H and O–H groups in total. The Balaban J connectivity index is 1.56. The quantitative estimate of drug-likeness (QED) is 0.391. The Kier molecular flexibility index (Phi) is 9.47. The number of hydrogen-bond acceptors (Lipinski definition) is 6. The van der Waals surface area contributed by atoms with Crippen LogP contribution in [0.5, 0.6) is 5.75 Å². The van der Waals surface area contributed by atoms with Gasteiger partial charge in [0.05, 0.1) is 12.6 Å². The maximum absolute atomic E-state index is 14.0. The number of amides is 4. The molecule has 2 aliphatic heterocycles. The van der Waals surface area contributed by atoms with Gasteiger partial charge in [-0.1, -0.05) is 48.0 Å². The van der Waals surface area contributed by atoms with Crippen molar-refractivity contribution in [1.29, 1.82) is 0 Å². The number of ketones is 1. The van der Waals surface area contributed by atoms with Gasteiger partial charge < -0.3 is 25.5 Å². The summed E-state index contributed by atoms with van der Waals surface area (Å²) in [5, 5.41) is 15.2. The van der Waals surface area contributed by atoms with E-state index in [1.807, 2.05) is 13.8 Å². The van der Waals surface area contributed by atoms with Gasteiger partial charge in [0, 0.05) is 29.9 Å². The van der Waals surface area contributed by atoms with Crippen LogP contribution in [-0.2, 0) is 25.6 Å². The third-order valence-corrected chi connectivity index (χ3v) is 7.93. The first-order chi connectivity index (χ1) is 19.4. The number of fused-ring (bicyclic) bond motifs is 1. The number of rotatable bonds is 9. The van der Waals surface area contributed by atoms with E-state index >= 15 is 0 Å². The molecule has 2 saturated heterocycles. The smallest absolute Gasteiger partial charge is 0.251 e. The topological polar surface area (TPSA) is 136 Å². The summed E-state index contributed by atoms with van der Waals surface area (Å²) in [4.78, 5) is 68.6. The van der Waals surface area contributed by atoms with Crippen molar-refractivity contribution in [3.8, 4) is 5.75 Å². The molecule has 10 nitrogen and oxygen atoms in total. The van der Waals surface area contributed by atoms with E-state index < -0.39 is 36.0 Å². The lowest BCUT2D eigenvalue weighted by Crippen LogP contribution is -2.54. The van der Waals surface area contributed by atoms with Crippen LogP contribution < -0.4 is 10.6 Å². The van der Waals surface area contributed by atoms with E-state index in [9.17, 15) is 29.1 Å². The molecule has 218 valence electrons. The Morgan fingerprint density at radius 1 is 1.00 bits per heavy atom. The van der Waals surface area contributed by atoms with Crippen LogP contribution in [0, 0.1) is 5.92 Å². The Labute approximate surface area is 247 Å². The van der Waals surface area contributed by atoms with Gasteiger partial charge in [-0.15, -0.1) is 0 Å². The highest BCUT2D eigenvalue weighted by molar-refractivity contribution is 9.10. The Morgan fingerprint density at radius 3 is 2.32 bits per heavy atom. The molecular weight excluding hydrogens is 592 g/mol. The maximum atomic E-state index is 14.0. The first-order valence-corrected chi connectivity index (χ1v) is 14.5. The average Bonchev–Trinajstić information content (AvgIpc) is 3.49. The van der Waals surface area contributed by atoms with E-state index in [2.05, 4.69) is 26.6 Å². The maximum Gasteiger partial charge on any atom is 0.251 e. The van der Waals surface area contributed by atoms with Gasteiger partial charge in [-0.3, -0.25) is 24.0 Å². The molecule has 2 unspecified atom stereocenters. The van der Waals surface area contributed by atoms with E-state index in [0.29, 0.717) is 28.4 Å². The zero-order valence-electron chi connectivity index (χ0n) is 23.3. The molecular formula is C30H35BrN4O6. The SMILES string of the molecule is CC(=O)N[C@@H](CC(C)C)C(=O)N1CC(=O)C2C1CCN2C(=O)[C@H](Cc1ccc(O)cc1)NC(=O)c1cccc(Br)c1. The van der Waals surface area contributed by atoms with Gasteiger partial charge >= 0.3 is 0 Å². The number of hydrogen-bond donors (Lipinski definition) is 3. The fourth-order valence-electron chi connectivity index (χ4n) is 5.64. The van der Waals surface area contributed by atoms with Crippen molar-refractivity contribution in [1.82, 2.24) is 20.4 Å². The Morgan fingerprint density at radius 2 is 1.68 bits per heavy atom. The molecule has 4 amide bonds. The number of nitrogens with one attached hydrogen (secondary N) is 2. The molecule has 0 saturated carbocycles. The summed E-state index contributed by atoms with van der Waals surface area (Å²) >= 11 is 3.36. The zero-order chi connectivity index (χ0) is 29.8. The molecule has 2 heterocycles. The van der Waals surface area contributed by atoms with Crippen LogP contribution in [0.25, 0.3) is 0 Å². The summed E-state index contributed by atoms with van der Waals surface area (Å²) in [6, 6.07) is 10.1.